The minimum Gasteiger partial charge on any atom is -0.423 e. The van der Waals surface area contributed by atoms with Crippen molar-refractivity contribution in [1.29, 1.82) is 0 Å². The molecule has 0 saturated carbocycles. The van der Waals surface area contributed by atoms with E-state index >= 15 is 0 Å². The molecular weight excluding hydrogens is 147 g/mol. The van der Waals surface area contributed by atoms with Crippen LogP contribution in [0.5, 0.6) is 0 Å². The lowest BCUT2D eigenvalue weighted by molar-refractivity contribution is 0.416. The maximum Gasteiger partial charge on any atom is 0.484 e. The molecule has 0 spiro atoms. The Balaban J connectivity index is 2.64. The Hall–Kier alpha value is -0.185. The molecule has 1 aliphatic rings. The number of hydrogen-bond acceptors (Lipinski definition) is 3. The van der Waals surface area contributed by atoms with Gasteiger partial charge in [-0.2, -0.15) is 0 Å². The average molecular weight is 156 g/mol. The summed E-state index contributed by atoms with van der Waals surface area (Å²) >= 11 is 4.12. The van der Waals surface area contributed by atoms with Crippen molar-refractivity contribution in [3.05, 3.63) is 22.5 Å². The standard InChI is InChI=1S/C6H9BO2S/c8-7(9)5-1-3-6(10)4-2-5/h1,3,8-10H,2,4H2. The quantitative estimate of drug-likeness (QED) is 0.383. The Bertz CT molecular complexity index is 186. The van der Waals surface area contributed by atoms with Crippen molar-refractivity contribution in [3.8, 4) is 0 Å². The van der Waals surface area contributed by atoms with Crippen molar-refractivity contribution in [3.63, 3.8) is 0 Å². The zero-order valence-electron chi connectivity index (χ0n) is 5.49. The van der Waals surface area contributed by atoms with E-state index in [1.807, 2.05) is 0 Å². The molecule has 0 heterocycles. The Morgan fingerprint density at radius 1 is 1.30 bits per heavy atom. The number of allylic oxidation sites excluding steroid dienone is 4. The monoisotopic (exact) mass is 156 g/mol. The lowest BCUT2D eigenvalue weighted by Crippen LogP contribution is -2.16. The van der Waals surface area contributed by atoms with Crippen LogP contribution in [0.25, 0.3) is 0 Å². The lowest BCUT2D eigenvalue weighted by Gasteiger charge is -2.09. The van der Waals surface area contributed by atoms with Gasteiger partial charge in [-0.15, -0.1) is 12.6 Å². The van der Waals surface area contributed by atoms with Gasteiger partial charge in [-0.1, -0.05) is 12.2 Å². The summed E-state index contributed by atoms with van der Waals surface area (Å²) < 4.78 is 0. The second kappa shape index (κ2) is 3.28. The Morgan fingerprint density at radius 3 is 2.40 bits per heavy atom. The SMILES string of the molecule is OB(O)C1=CC=C(S)CC1. The minimum absolute atomic E-state index is 0.665. The summed E-state index contributed by atoms with van der Waals surface area (Å²) in [6, 6.07) is 0. The van der Waals surface area contributed by atoms with E-state index < -0.39 is 7.12 Å². The molecule has 4 heteroatoms. The third kappa shape index (κ3) is 1.90. The highest BCUT2D eigenvalue weighted by Crippen LogP contribution is 2.20. The third-order valence-electron chi connectivity index (χ3n) is 1.49. The molecule has 2 N–H and O–H groups in total. The second-order valence-electron chi connectivity index (χ2n) is 2.27. The van der Waals surface area contributed by atoms with Gasteiger partial charge in [0.2, 0.25) is 0 Å². The van der Waals surface area contributed by atoms with Gasteiger partial charge in [0.25, 0.3) is 0 Å². The number of thiol groups is 1. The van der Waals surface area contributed by atoms with Gasteiger partial charge in [0.05, 0.1) is 0 Å². The lowest BCUT2D eigenvalue weighted by atomic mass is 9.75. The van der Waals surface area contributed by atoms with Crippen LogP contribution in [-0.2, 0) is 0 Å². The fourth-order valence-corrected chi connectivity index (χ4v) is 1.04. The van der Waals surface area contributed by atoms with Crippen molar-refractivity contribution in [2.75, 3.05) is 0 Å². The van der Waals surface area contributed by atoms with Crippen LogP contribution in [0.2, 0.25) is 0 Å². The Morgan fingerprint density at radius 2 is 2.00 bits per heavy atom. The number of hydrogen-bond donors (Lipinski definition) is 3. The van der Waals surface area contributed by atoms with Gasteiger partial charge in [0.15, 0.2) is 0 Å². The molecule has 0 aromatic heterocycles. The summed E-state index contributed by atoms with van der Waals surface area (Å²) in [6.07, 6.45) is 5.01. The maximum atomic E-state index is 8.70. The molecule has 0 unspecified atom stereocenters. The van der Waals surface area contributed by atoms with Crippen LogP contribution in [0.3, 0.4) is 0 Å². The van der Waals surface area contributed by atoms with Gasteiger partial charge < -0.3 is 10.0 Å². The molecule has 0 aliphatic heterocycles. The van der Waals surface area contributed by atoms with E-state index in [1.54, 1.807) is 12.2 Å². The van der Waals surface area contributed by atoms with Crippen LogP contribution in [0.15, 0.2) is 22.5 Å². The Labute approximate surface area is 65.8 Å². The van der Waals surface area contributed by atoms with Crippen LogP contribution >= 0.6 is 12.6 Å². The topological polar surface area (TPSA) is 40.5 Å². The molecule has 0 fully saturated rings. The van der Waals surface area contributed by atoms with Crippen LogP contribution in [-0.4, -0.2) is 17.2 Å². The maximum absolute atomic E-state index is 8.70. The predicted octanol–water partition coefficient (Wildman–Crippen LogP) is 0.532. The molecule has 2 nitrogen and oxygen atoms in total. The van der Waals surface area contributed by atoms with Gasteiger partial charge >= 0.3 is 7.12 Å². The van der Waals surface area contributed by atoms with Crippen LogP contribution < -0.4 is 0 Å². The summed E-state index contributed by atoms with van der Waals surface area (Å²) in [6.45, 7) is 0. The average Bonchev–Trinajstić information content (AvgIpc) is 1.88. The van der Waals surface area contributed by atoms with E-state index in [4.69, 9.17) is 10.0 Å². The van der Waals surface area contributed by atoms with Gasteiger partial charge in [0, 0.05) is 0 Å². The predicted molar refractivity (Wildman–Crippen MR) is 44.6 cm³/mol. The molecule has 1 rings (SSSR count). The highest BCUT2D eigenvalue weighted by Gasteiger charge is 2.15. The molecule has 0 aromatic rings. The summed E-state index contributed by atoms with van der Waals surface area (Å²) in [5.41, 5.74) is 0.665. The summed E-state index contributed by atoms with van der Waals surface area (Å²) in [7, 11) is -1.29. The molecule has 10 heavy (non-hydrogen) atoms. The van der Waals surface area contributed by atoms with E-state index in [2.05, 4.69) is 12.6 Å². The molecule has 0 saturated heterocycles. The fraction of sp³-hybridized carbons (Fsp3) is 0.333. The first kappa shape index (κ1) is 7.92. The first-order valence-electron chi connectivity index (χ1n) is 3.15. The zero-order chi connectivity index (χ0) is 7.56. The first-order valence-corrected chi connectivity index (χ1v) is 3.59. The molecule has 1 aliphatic carbocycles. The second-order valence-corrected chi connectivity index (χ2v) is 2.85. The van der Waals surface area contributed by atoms with Crippen molar-refractivity contribution in [2.45, 2.75) is 12.8 Å². The molecule has 0 radical (unpaired) electrons. The van der Waals surface area contributed by atoms with E-state index in [0.29, 0.717) is 11.9 Å². The minimum atomic E-state index is -1.29. The summed E-state index contributed by atoms with van der Waals surface area (Å²) in [5.74, 6) is 0. The first-order chi connectivity index (χ1) is 4.70. The fourth-order valence-electron chi connectivity index (χ4n) is 0.857. The molecular formula is C6H9BO2S. The van der Waals surface area contributed by atoms with Crippen LogP contribution in [0.4, 0.5) is 0 Å². The molecule has 0 atom stereocenters. The third-order valence-corrected chi connectivity index (χ3v) is 1.86. The molecule has 0 amide bonds. The van der Waals surface area contributed by atoms with Gasteiger partial charge in [0.1, 0.15) is 0 Å². The molecule has 54 valence electrons. The number of rotatable bonds is 1. The van der Waals surface area contributed by atoms with E-state index in [-0.39, 0.29) is 0 Å². The zero-order valence-corrected chi connectivity index (χ0v) is 6.38. The van der Waals surface area contributed by atoms with E-state index in [9.17, 15) is 0 Å². The van der Waals surface area contributed by atoms with Crippen molar-refractivity contribution in [1.82, 2.24) is 0 Å². The van der Waals surface area contributed by atoms with Crippen LogP contribution in [0.1, 0.15) is 12.8 Å². The normalized spacial score (nSPS) is 17.9. The van der Waals surface area contributed by atoms with Gasteiger partial charge in [-0.05, 0) is 23.2 Å². The van der Waals surface area contributed by atoms with Gasteiger partial charge in [-0.3, -0.25) is 0 Å². The van der Waals surface area contributed by atoms with Crippen molar-refractivity contribution in [2.24, 2.45) is 0 Å². The Kier molecular flexibility index (Phi) is 2.60. The van der Waals surface area contributed by atoms with Crippen LogP contribution in [0, 0.1) is 0 Å². The van der Waals surface area contributed by atoms with Crippen molar-refractivity contribution < 1.29 is 10.0 Å². The highest BCUT2D eigenvalue weighted by molar-refractivity contribution is 7.84. The molecule has 0 bridgehead atoms. The van der Waals surface area contributed by atoms with E-state index in [1.165, 1.54) is 0 Å². The summed E-state index contributed by atoms with van der Waals surface area (Å²) in [4.78, 5) is 0.990. The van der Waals surface area contributed by atoms with Gasteiger partial charge in [-0.25, -0.2) is 0 Å². The smallest absolute Gasteiger partial charge is 0.423 e. The molecule has 0 aromatic carbocycles. The largest absolute Gasteiger partial charge is 0.484 e. The van der Waals surface area contributed by atoms with Crippen molar-refractivity contribution >= 4 is 19.7 Å². The summed E-state index contributed by atoms with van der Waals surface area (Å²) in [5, 5.41) is 17.4. The highest BCUT2D eigenvalue weighted by atomic mass is 32.1. The van der Waals surface area contributed by atoms with E-state index in [0.717, 1.165) is 11.3 Å².